The molecule has 0 aliphatic heterocycles. The van der Waals surface area contributed by atoms with E-state index in [1.807, 2.05) is 0 Å². The van der Waals surface area contributed by atoms with Crippen molar-refractivity contribution in [3.05, 3.63) is 0 Å². The number of hydrogen-bond donors (Lipinski definition) is 3. The molecule has 0 aliphatic rings. The van der Waals surface area contributed by atoms with Gasteiger partial charge in [-0.1, -0.05) is 6.92 Å². The molecular weight excluding hydrogens is 142 g/mol. The number of halogens is 1. The molecule has 0 saturated heterocycles. The van der Waals surface area contributed by atoms with Crippen molar-refractivity contribution in [1.29, 1.82) is 0 Å². The minimum Gasteiger partial charge on any atom is -0.372 e. The predicted molar refractivity (Wildman–Crippen MR) is 39.4 cm³/mol. The summed E-state index contributed by atoms with van der Waals surface area (Å²) in [5.41, 5.74) is 9.87. The second-order valence-corrected chi connectivity index (χ2v) is 1.44. The van der Waals surface area contributed by atoms with Crippen LogP contribution in [0.3, 0.4) is 0 Å². The topological polar surface area (TPSA) is 84.6 Å². The van der Waals surface area contributed by atoms with Crippen LogP contribution in [0.25, 0.3) is 0 Å². The average molecular weight is 154 g/mol. The molecule has 0 heterocycles. The molecule has 4 nitrogen and oxygen atoms in total. The molecule has 1 atom stereocenters. The van der Waals surface area contributed by atoms with E-state index >= 15 is 0 Å². The fourth-order valence-electron chi connectivity index (χ4n) is 0.263. The second kappa shape index (κ2) is 5.65. The fraction of sp³-hybridized carbons (Fsp3) is 0.750. The molecule has 56 valence electrons. The average Bonchev–Trinajstić information content (AvgIpc) is 1.65. The van der Waals surface area contributed by atoms with Crippen molar-refractivity contribution in [2.24, 2.45) is 16.5 Å². The summed E-state index contributed by atoms with van der Waals surface area (Å²) in [6.07, 6.45) is -0.197. The Labute approximate surface area is 60.4 Å². The van der Waals surface area contributed by atoms with Gasteiger partial charge in [0.05, 0.1) is 0 Å². The van der Waals surface area contributed by atoms with Crippen LogP contribution in [-0.2, 0) is 0 Å². The van der Waals surface area contributed by atoms with Crippen LogP contribution in [0.2, 0.25) is 0 Å². The highest BCUT2D eigenvalue weighted by atomic mass is 35.5. The van der Waals surface area contributed by atoms with Crippen LogP contribution in [0.1, 0.15) is 13.3 Å². The Morgan fingerprint density at radius 1 is 1.67 bits per heavy atom. The molecule has 0 amide bonds. The zero-order valence-electron chi connectivity index (χ0n) is 5.24. The molecule has 0 aliphatic carbocycles. The number of aliphatic hydroxyl groups excluding tert-OH is 1. The standard InChI is InChI=1S/C4H11N3O.ClH/c1-2-3(8)7-4(5)6;/h3,8H,2H2,1H3,(H4,5,6,7);1H. The molecule has 5 N–H and O–H groups in total. The van der Waals surface area contributed by atoms with E-state index in [4.69, 9.17) is 16.6 Å². The van der Waals surface area contributed by atoms with E-state index in [2.05, 4.69) is 4.99 Å². The first kappa shape index (κ1) is 11.3. The van der Waals surface area contributed by atoms with Crippen LogP contribution < -0.4 is 11.5 Å². The quantitative estimate of drug-likeness (QED) is 0.366. The molecule has 5 heteroatoms. The first-order chi connectivity index (χ1) is 3.66. The van der Waals surface area contributed by atoms with Gasteiger partial charge in [0.15, 0.2) is 5.96 Å². The Morgan fingerprint density at radius 3 is 2.22 bits per heavy atom. The lowest BCUT2D eigenvalue weighted by Gasteiger charge is -1.98. The van der Waals surface area contributed by atoms with E-state index in [0.717, 1.165) is 0 Å². The Balaban J connectivity index is 0. The molecule has 0 rings (SSSR count). The van der Waals surface area contributed by atoms with Gasteiger partial charge in [-0.2, -0.15) is 0 Å². The van der Waals surface area contributed by atoms with Gasteiger partial charge < -0.3 is 16.6 Å². The van der Waals surface area contributed by atoms with E-state index in [-0.39, 0.29) is 18.4 Å². The Morgan fingerprint density at radius 2 is 2.11 bits per heavy atom. The number of guanidine groups is 1. The summed E-state index contributed by atoms with van der Waals surface area (Å²) in [4.78, 5) is 3.42. The van der Waals surface area contributed by atoms with E-state index in [9.17, 15) is 0 Å². The van der Waals surface area contributed by atoms with Crippen LogP contribution in [0.5, 0.6) is 0 Å². The van der Waals surface area contributed by atoms with Gasteiger partial charge in [-0.25, -0.2) is 4.99 Å². The number of nitrogens with zero attached hydrogens (tertiary/aromatic N) is 1. The third-order valence-corrected chi connectivity index (χ3v) is 0.663. The SMILES string of the molecule is CCC(O)N=C(N)N.Cl. The summed E-state index contributed by atoms with van der Waals surface area (Å²) in [5, 5.41) is 8.68. The minimum atomic E-state index is -0.736. The number of rotatable bonds is 2. The highest BCUT2D eigenvalue weighted by molar-refractivity contribution is 5.85. The molecule has 0 fully saturated rings. The van der Waals surface area contributed by atoms with Gasteiger partial charge in [0.1, 0.15) is 6.23 Å². The number of aliphatic hydroxyl groups is 1. The maximum atomic E-state index is 8.68. The van der Waals surface area contributed by atoms with Gasteiger partial charge in [-0.05, 0) is 6.42 Å². The van der Waals surface area contributed by atoms with Crippen molar-refractivity contribution in [1.82, 2.24) is 0 Å². The molecular formula is C4H12ClN3O. The smallest absolute Gasteiger partial charge is 0.188 e. The van der Waals surface area contributed by atoms with Crippen molar-refractivity contribution in [3.63, 3.8) is 0 Å². The highest BCUT2D eigenvalue weighted by Gasteiger charge is 1.93. The van der Waals surface area contributed by atoms with Crippen molar-refractivity contribution >= 4 is 18.4 Å². The first-order valence-electron chi connectivity index (χ1n) is 2.43. The molecule has 0 aromatic heterocycles. The van der Waals surface area contributed by atoms with Gasteiger partial charge in [-0.15, -0.1) is 12.4 Å². The summed E-state index contributed by atoms with van der Waals surface area (Å²) in [5.74, 6) is -0.0700. The summed E-state index contributed by atoms with van der Waals surface area (Å²) < 4.78 is 0. The van der Waals surface area contributed by atoms with Gasteiger partial charge in [0.2, 0.25) is 0 Å². The number of nitrogens with two attached hydrogens (primary N) is 2. The van der Waals surface area contributed by atoms with Crippen LogP contribution in [0.15, 0.2) is 4.99 Å². The summed E-state index contributed by atoms with van der Waals surface area (Å²) in [7, 11) is 0. The molecule has 0 bridgehead atoms. The zero-order valence-corrected chi connectivity index (χ0v) is 6.06. The molecule has 0 radical (unpaired) electrons. The maximum absolute atomic E-state index is 8.68. The zero-order chi connectivity index (χ0) is 6.57. The minimum absolute atomic E-state index is 0. The largest absolute Gasteiger partial charge is 0.372 e. The molecule has 0 spiro atoms. The third-order valence-electron chi connectivity index (χ3n) is 0.663. The van der Waals surface area contributed by atoms with E-state index in [0.29, 0.717) is 6.42 Å². The fourth-order valence-corrected chi connectivity index (χ4v) is 0.263. The molecule has 0 saturated carbocycles. The Kier molecular flexibility index (Phi) is 7.12. The Hall–Kier alpha value is -0.480. The second-order valence-electron chi connectivity index (χ2n) is 1.44. The monoisotopic (exact) mass is 153 g/mol. The Bertz CT molecular complexity index is 91.8. The van der Waals surface area contributed by atoms with Gasteiger partial charge in [0, 0.05) is 0 Å². The van der Waals surface area contributed by atoms with Crippen molar-refractivity contribution in [2.75, 3.05) is 0 Å². The number of hydrogen-bond acceptors (Lipinski definition) is 2. The summed E-state index contributed by atoms with van der Waals surface area (Å²) in [6.45, 7) is 1.79. The van der Waals surface area contributed by atoms with Crippen molar-refractivity contribution in [3.8, 4) is 0 Å². The summed E-state index contributed by atoms with van der Waals surface area (Å²) in [6, 6.07) is 0. The van der Waals surface area contributed by atoms with E-state index in [1.54, 1.807) is 6.92 Å². The van der Waals surface area contributed by atoms with E-state index in [1.165, 1.54) is 0 Å². The maximum Gasteiger partial charge on any atom is 0.188 e. The lowest BCUT2D eigenvalue weighted by Crippen LogP contribution is -2.25. The van der Waals surface area contributed by atoms with Crippen LogP contribution in [0, 0.1) is 0 Å². The van der Waals surface area contributed by atoms with E-state index < -0.39 is 6.23 Å². The third kappa shape index (κ3) is 7.52. The highest BCUT2D eigenvalue weighted by Crippen LogP contribution is 1.87. The molecule has 0 aromatic carbocycles. The number of aliphatic imine (C=N–C) groups is 1. The predicted octanol–water partition coefficient (Wildman–Crippen LogP) is -0.590. The van der Waals surface area contributed by atoms with Gasteiger partial charge in [0.25, 0.3) is 0 Å². The molecule has 9 heavy (non-hydrogen) atoms. The molecule has 1 unspecified atom stereocenters. The first-order valence-corrected chi connectivity index (χ1v) is 2.43. The van der Waals surface area contributed by atoms with Gasteiger partial charge >= 0.3 is 0 Å². The normalized spacial score (nSPS) is 11.3. The summed E-state index contributed by atoms with van der Waals surface area (Å²) >= 11 is 0. The van der Waals surface area contributed by atoms with Crippen LogP contribution in [-0.4, -0.2) is 17.3 Å². The van der Waals surface area contributed by atoms with Gasteiger partial charge in [-0.3, -0.25) is 0 Å². The van der Waals surface area contributed by atoms with Crippen molar-refractivity contribution < 1.29 is 5.11 Å². The van der Waals surface area contributed by atoms with Crippen LogP contribution in [0.4, 0.5) is 0 Å². The van der Waals surface area contributed by atoms with Crippen LogP contribution >= 0.6 is 12.4 Å². The molecule has 0 aromatic rings. The lowest BCUT2D eigenvalue weighted by atomic mass is 10.4. The lowest BCUT2D eigenvalue weighted by molar-refractivity contribution is 0.180. The van der Waals surface area contributed by atoms with Crippen molar-refractivity contribution in [2.45, 2.75) is 19.6 Å².